The SMILES string of the molecule is CC(C)OCC(=O)N1CC(N)(C(C)C)C1. The number of nitrogens with two attached hydrogens (primary N) is 1. The normalized spacial score (nSPS) is 19.5. The molecule has 0 aromatic rings. The first-order valence-corrected chi connectivity index (χ1v) is 5.53. The molecule has 1 aliphatic heterocycles. The van der Waals surface area contributed by atoms with Crippen molar-refractivity contribution in [2.24, 2.45) is 11.7 Å². The molecule has 0 aromatic heterocycles. The fraction of sp³-hybridized carbons (Fsp3) is 0.909. The molecule has 4 heteroatoms. The lowest BCUT2D eigenvalue weighted by molar-refractivity contribution is -0.146. The average molecular weight is 214 g/mol. The molecule has 1 fully saturated rings. The molecule has 0 atom stereocenters. The van der Waals surface area contributed by atoms with Crippen LogP contribution in [0.3, 0.4) is 0 Å². The third kappa shape index (κ3) is 2.92. The van der Waals surface area contributed by atoms with Crippen molar-refractivity contribution < 1.29 is 9.53 Å². The molecular formula is C11H22N2O2. The largest absolute Gasteiger partial charge is 0.369 e. The monoisotopic (exact) mass is 214 g/mol. The molecule has 1 heterocycles. The molecule has 4 nitrogen and oxygen atoms in total. The summed E-state index contributed by atoms with van der Waals surface area (Å²) in [6.07, 6.45) is 0.1000. The Balaban J connectivity index is 2.29. The molecule has 0 unspecified atom stereocenters. The highest BCUT2D eigenvalue weighted by Crippen LogP contribution is 2.25. The van der Waals surface area contributed by atoms with Gasteiger partial charge in [-0.25, -0.2) is 0 Å². The highest BCUT2D eigenvalue weighted by atomic mass is 16.5. The second-order valence-corrected chi connectivity index (χ2v) is 5.00. The molecular weight excluding hydrogens is 192 g/mol. The quantitative estimate of drug-likeness (QED) is 0.746. The number of likely N-dealkylation sites (tertiary alicyclic amines) is 1. The number of ether oxygens (including phenoxy) is 1. The Hall–Kier alpha value is -0.610. The summed E-state index contributed by atoms with van der Waals surface area (Å²) in [5, 5.41) is 0. The molecule has 2 N–H and O–H groups in total. The van der Waals surface area contributed by atoms with Gasteiger partial charge < -0.3 is 15.4 Å². The van der Waals surface area contributed by atoms with Crippen LogP contribution >= 0.6 is 0 Å². The molecule has 0 bridgehead atoms. The minimum atomic E-state index is -0.187. The number of nitrogens with zero attached hydrogens (tertiary/aromatic N) is 1. The number of carbonyl (C=O) groups excluding carboxylic acids is 1. The van der Waals surface area contributed by atoms with Crippen LogP contribution in [0.2, 0.25) is 0 Å². The van der Waals surface area contributed by atoms with Crippen LogP contribution in [0.5, 0.6) is 0 Å². The molecule has 1 saturated heterocycles. The fourth-order valence-corrected chi connectivity index (χ4v) is 1.54. The summed E-state index contributed by atoms with van der Waals surface area (Å²) in [7, 11) is 0. The predicted molar refractivity (Wildman–Crippen MR) is 59.4 cm³/mol. The standard InChI is InChI=1S/C11H22N2O2/c1-8(2)11(12)6-13(7-11)10(14)5-15-9(3)4/h8-9H,5-7,12H2,1-4H3. The van der Waals surface area contributed by atoms with Gasteiger partial charge in [0.05, 0.1) is 11.6 Å². The molecule has 15 heavy (non-hydrogen) atoms. The lowest BCUT2D eigenvalue weighted by Gasteiger charge is -2.50. The van der Waals surface area contributed by atoms with Crippen LogP contribution in [0.1, 0.15) is 27.7 Å². The molecule has 0 spiro atoms. The van der Waals surface area contributed by atoms with Gasteiger partial charge in [0.2, 0.25) is 5.91 Å². The smallest absolute Gasteiger partial charge is 0.248 e. The number of carbonyl (C=O) groups is 1. The number of hydrogen-bond acceptors (Lipinski definition) is 3. The lowest BCUT2D eigenvalue weighted by Crippen LogP contribution is -2.71. The van der Waals surface area contributed by atoms with Gasteiger partial charge >= 0.3 is 0 Å². The van der Waals surface area contributed by atoms with E-state index in [0.717, 1.165) is 0 Å². The summed E-state index contributed by atoms with van der Waals surface area (Å²) in [4.78, 5) is 13.4. The van der Waals surface area contributed by atoms with Crippen LogP contribution < -0.4 is 5.73 Å². The summed E-state index contributed by atoms with van der Waals surface area (Å²) in [5.74, 6) is 0.456. The second-order valence-electron chi connectivity index (χ2n) is 5.00. The molecule has 88 valence electrons. The maximum atomic E-state index is 11.6. The number of hydrogen-bond donors (Lipinski definition) is 1. The topological polar surface area (TPSA) is 55.6 Å². The Morgan fingerprint density at radius 3 is 2.33 bits per heavy atom. The van der Waals surface area contributed by atoms with Gasteiger partial charge in [-0.05, 0) is 19.8 Å². The van der Waals surface area contributed by atoms with Crippen LogP contribution in [0.4, 0.5) is 0 Å². The van der Waals surface area contributed by atoms with Crippen molar-refractivity contribution in [1.82, 2.24) is 4.90 Å². The molecule has 0 aromatic carbocycles. The molecule has 0 saturated carbocycles. The van der Waals surface area contributed by atoms with Gasteiger partial charge in [-0.3, -0.25) is 4.79 Å². The zero-order valence-electron chi connectivity index (χ0n) is 10.1. The van der Waals surface area contributed by atoms with Crippen molar-refractivity contribution in [1.29, 1.82) is 0 Å². The van der Waals surface area contributed by atoms with Crippen molar-refractivity contribution in [2.75, 3.05) is 19.7 Å². The number of rotatable bonds is 4. The van der Waals surface area contributed by atoms with Gasteiger partial charge in [0.1, 0.15) is 6.61 Å². The van der Waals surface area contributed by atoms with E-state index in [1.165, 1.54) is 0 Å². The summed E-state index contributed by atoms with van der Waals surface area (Å²) >= 11 is 0. The minimum absolute atomic E-state index is 0.0467. The average Bonchev–Trinajstić information content (AvgIpc) is 2.08. The van der Waals surface area contributed by atoms with Gasteiger partial charge in [-0.15, -0.1) is 0 Å². The molecule has 0 radical (unpaired) electrons. The van der Waals surface area contributed by atoms with E-state index in [-0.39, 0.29) is 24.2 Å². The van der Waals surface area contributed by atoms with Gasteiger partial charge in [0, 0.05) is 13.1 Å². The highest BCUT2D eigenvalue weighted by Gasteiger charge is 2.43. The Labute approximate surface area is 91.8 Å². The maximum absolute atomic E-state index is 11.6. The Morgan fingerprint density at radius 2 is 1.93 bits per heavy atom. The van der Waals surface area contributed by atoms with Crippen molar-refractivity contribution in [3.8, 4) is 0 Å². The molecule has 0 aliphatic carbocycles. The first kappa shape index (κ1) is 12.5. The Morgan fingerprint density at radius 1 is 1.40 bits per heavy atom. The van der Waals surface area contributed by atoms with E-state index in [9.17, 15) is 4.79 Å². The second kappa shape index (κ2) is 4.49. The van der Waals surface area contributed by atoms with E-state index in [1.54, 1.807) is 4.90 Å². The van der Waals surface area contributed by atoms with E-state index in [1.807, 2.05) is 13.8 Å². The van der Waals surface area contributed by atoms with Gasteiger partial charge in [-0.2, -0.15) is 0 Å². The fourth-order valence-electron chi connectivity index (χ4n) is 1.54. The number of amides is 1. The maximum Gasteiger partial charge on any atom is 0.248 e. The van der Waals surface area contributed by atoms with Crippen LogP contribution in [-0.4, -0.2) is 42.1 Å². The van der Waals surface area contributed by atoms with Gasteiger partial charge in [0.25, 0.3) is 0 Å². The summed E-state index contributed by atoms with van der Waals surface area (Å²) in [5.41, 5.74) is 5.91. The third-order valence-corrected chi connectivity index (χ3v) is 3.01. The van der Waals surface area contributed by atoms with E-state index in [0.29, 0.717) is 19.0 Å². The van der Waals surface area contributed by atoms with Crippen molar-refractivity contribution in [3.63, 3.8) is 0 Å². The van der Waals surface area contributed by atoms with Crippen LogP contribution in [0.15, 0.2) is 0 Å². The zero-order valence-corrected chi connectivity index (χ0v) is 10.1. The molecule has 1 aliphatic rings. The first-order valence-electron chi connectivity index (χ1n) is 5.53. The summed E-state index contributed by atoms with van der Waals surface area (Å²) in [6.45, 7) is 9.51. The van der Waals surface area contributed by atoms with Gasteiger partial charge in [0.15, 0.2) is 0 Å². The van der Waals surface area contributed by atoms with Crippen molar-refractivity contribution >= 4 is 5.91 Å². The zero-order chi connectivity index (χ0) is 11.6. The molecule has 1 rings (SSSR count). The Kier molecular flexibility index (Phi) is 3.73. The first-order chi connectivity index (χ1) is 6.85. The summed E-state index contributed by atoms with van der Waals surface area (Å²) < 4.78 is 5.26. The minimum Gasteiger partial charge on any atom is -0.369 e. The van der Waals surface area contributed by atoms with Crippen molar-refractivity contribution in [2.45, 2.75) is 39.3 Å². The Bertz CT molecular complexity index is 233. The summed E-state index contributed by atoms with van der Waals surface area (Å²) in [6, 6.07) is 0. The van der Waals surface area contributed by atoms with Crippen molar-refractivity contribution in [3.05, 3.63) is 0 Å². The van der Waals surface area contributed by atoms with Crippen LogP contribution in [0, 0.1) is 5.92 Å². The van der Waals surface area contributed by atoms with E-state index in [4.69, 9.17) is 10.5 Å². The lowest BCUT2D eigenvalue weighted by atomic mass is 9.80. The predicted octanol–water partition coefficient (Wildman–Crippen LogP) is 0.607. The van der Waals surface area contributed by atoms with Crippen LogP contribution in [0.25, 0.3) is 0 Å². The van der Waals surface area contributed by atoms with E-state index in [2.05, 4.69) is 13.8 Å². The third-order valence-electron chi connectivity index (χ3n) is 3.01. The van der Waals surface area contributed by atoms with E-state index < -0.39 is 0 Å². The molecule has 1 amide bonds. The highest BCUT2D eigenvalue weighted by molar-refractivity contribution is 5.78. The van der Waals surface area contributed by atoms with Gasteiger partial charge in [-0.1, -0.05) is 13.8 Å². The van der Waals surface area contributed by atoms with E-state index >= 15 is 0 Å². The van der Waals surface area contributed by atoms with Crippen LogP contribution in [-0.2, 0) is 9.53 Å².